The van der Waals surface area contributed by atoms with Gasteiger partial charge in [0.25, 0.3) is 11.8 Å². The fraction of sp³-hybridized carbons (Fsp3) is 0.304. The predicted molar refractivity (Wildman–Crippen MR) is 119 cm³/mol. The van der Waals surface area contributed by atoms with Gasteiger partial charge in [-0.05, 0) is 32.0 Å². The minimum absolute atomic E-state index is 0.117. The molecule has 1 aromatic carbocycles. The summed E-state index contributed by atoms with van der Waals surface area (Å²) in [5.74, 6) is -0.501. The molecule has 32 heavy (non-hydrogen) atoms. The number of aromatic nitrogens is 3. The highest BCUT2D eigenvalue weighted by atomic mass is 16.5. The first-order valence-corrected chi connectivity index (χ1v) is 10.4. The monoisotopic (exact) mass is 433 g/mol. The summed E-state index contributed by atoms with van der Waals surface area (Å²) in [4.78, 5) is 32.9. The van der Waals surface area contributed by atoms with Crippen LogP contribution >= 0.6 is 0 Å². The van der Waals surface area contributed by atoms with Crippen molar-refractivity contribution in [3.63, 3.8) is 0 Å². The molecule has 9 heteroatoms. The Kier molecular flexibility index (Phi) is 4.90. The highest BCUT2D eigenvalue weighted by Crippen LogP contribution is 2.33. The van der Waals surface area contributed by atoms with E-state index in [9.17, 15) is 9.59 Å². The molecule has 1 saturated heterocycles. The zero-order chi connectivity index (χ0) is 22.4. The van der Waals surface area contributed by atoms with Crippen LogP contribution in [0.15, 0.2) is 34.7 Å². The summed E-state index contributed by atoms with van der Waals surface area (Å²) in [6, 6.07) is 9.01. The van der Waals surface area contributed by atoms with Gasteiger partial charge < -0.3 is 19.4 Å². The number of anilines is 1. The molecule has 4 aromatic rings. The fourth-order valence-electron chi connectivity index (χ4n) is 4.16. The summed E-state index contributed by atoms with van der Waals surface area (Å²) in [6.45, 7) is 5.57. The number of hydrogen-bond acceptors (Lipinski definition) is 6. The molecule has 5 rings (SSSR count). The molecule has 3 aromatic heterocycles. The predicted octanol–water partition coefficient (Wildman–Crippen LogP) is 3.06. The van der Waals surface area contributed by atoms with E-state index in [4.69, 9.17) is 9.15 Å². The van der Waals surface area contributed by atoms with Crippen LogP contribution in [0.1, 0.15) is 32.3 Å². The number of aryl methyl sites for hydroxylation is 3. The third kappa shape index (κ3) is 3.31. The molecule has 0 aliphatic carbocycles. The lowest BCUT2D eigenvalue weighted by atomic mass is 10.1. The van der Waals surface area contributed by atoms with Gasteiger partial charge in [-0.3, -0.25) is 14.3 Å². The quantitative estimate of drug-likeness (QED) is 0.533. The molecule has 1 fully saturated rings. The van der Waals surface area contributed by atoms with Gasteiger partial charge in [-0.25, -0.2) is 4.98 Å². The number of nitrogens with one attached hydrogen (secondary N) is 1. The summed E-state index contributed by atoms with van der Waals surface area (Å²) in [5.41, 5.74) is 3.40. The zero-order valence-corrected chi connectivity index (χ0v) is 18.1. The van der Waals surface area contributed by atoms with E-state index >= 15 is 0 Å². The van der Waals surface area contributed by atoms with E-state index in [0.29, 0.717) is 70.9 Å². The number of morpholine rings is 1. The third-order valence-corrected chi connectivity index (χ3v) is 5.67. The van der Waals surface area contributed by atoms with E-state index in [0.717, 1.165) is 0 Å². The van der Waals surface area contributed by atoms with Crippen LogP contribution in [-0.2, 0) is 11.8 Å². The Balaban J connectivity index is 1.59. The van der Waals surface area contributed by atoms with Gasteiger partial charge in [0.2, 0.25) is 5.76 Å². The number of carbonyl (C=O) groups excluding carboxylic acids is 2. The number of pyridine rings is 1. The second-order valence-corrected chi connectivity index (χ2v) is 7.88. The maximum Gasteiger partial charge on any atom is 0.291 e. The summed E-state index contributed by atoms with van der Waals surface area (Å²) in [7, 11) is 1.80. The number of carbonyl (C=O) groups is 2. The average Bonchev–Trinajstić information content (AvgIpc) is 3.30. The molecule has 4 heterocycles. The van der Waals surface area contributed by atoms with Crippen molar-refractivity contribution in [1.29, 1.82) is 0 Å². The van der Waals surface area contributed by atoms with Gasteiger partial charge in [-0.1, -0.05) is 12.1 Å². The van der Waals surface area contributed by atoms with Crippen LogP contribution in [0.2, 0.25) is 0 Å². The van der Waals surface area contributed by atoms with Crippen molar-refractivity contribution in [2.24, 2.45) is 7.05 Å². The molecule has 0 radical (unpaired) electrons. The molecule has 0 saturated carbocycles. The molecule has 164 valence electrons. The van der Waals surface area contributed by atoms with Gasteiger partial charge in [0, 0.05) is 31.2 Å². The minimum Gasteiger partial charge on any atom is -0.449 e. The van der Waals surface area contributed by atoms with Crippen LogP contribution in [0.4, 0.5) is 5.69 Å². The van der Waals surface area contributed by atoms with E-state index in [1.165, 1.54) is 0 Å². The van der Waals surface area contributed by atoms with Crippen molar-refractivity contribution in [3.05, 3.63) is 53.0 Å². The topological polar surface area (TPSA) is 102 Å². The summed E-state index contributed by atoms with van der Waals surface area (Å²) >= 11 is 0. The second kappa shape index (κ2) is 7.76. The van der Waals surface area contributed by atoms with Crippen LogP contribution < -0.4 is 5.32 Å². The summed E-state index contributed by atoms with van der Waals surface area (Å²) in [5, 5.41) is 8.71. The third-order valence-electron chi connectivity index (χ3n) is 5.67. The largest absolute Gasteiger partial charge is 0.449 e. The first kappa shape index (κ1) is 20.2. The number of para-hydroxylation sites is 1. The molecule has 1 aliphatic heterocycles. The van der Waals surface area contributed by atoms with Crippen molar-refractivity contribution < 1.29 is 18.7 Å². The van der Waals surface area contributed by atoms with Crippen molar-refractivity contribution in [1.82, 2.24) is 19.7 Å². The van der Waals surface area contributed by atoms with Gasteiger partial charge in [-0.15, -0.1) is 0 Å². The van der Waals surface area contributed by atoms with Crippen LogP contribution in [0, 0.1) is 13.8 Å². The minimum atomic E-state index is -0.348. The maximum atomic E-state index is 13.5. The standard InChI is InChI=1S/C23H23N5O4/c1-13-12-16(18-14(2)26-27(3)21(18)24-13)22(29)25-19-15-6-4-5-7-17(15)32-20(19)23(30)28-8-10-31-11-9-28/h4-7,12H,8-11H2,1-3H3,(H,25,29). The van der Waals surface area contributed by atoms with Crippen molar-refractivity contribution in [3.8, 4) is 0 Å². The number of furan rings is 1. The first-order chi connectivity index (χ1) is 15.4. The van der Waals surface area contributed by atoms with E-state index < -0.39 is 0 Å². The van der Waals surface area contributed by atoms with E-state index in [1.54, 1.807) is 28.8 Å². The van der Waals surface area contributed by atoms with E-state index in [1.807, 2.05) is 32.0 Å². The van der Waals surface area contributed by atoms with Crippen molar-refractivity contribution >= 4 is 39.5 Å². The molecule has 1 N–H and O–H groups in total. The van der Waals surface area contributed by atoms with Crippen molar-refractivity contribution in [2.75, 3.05) is 31.6 Å². The lowest BCUT2D eigenvalue weighted by Gasteiger charge is -2.26. The first-order valence-electron chi connectivity index (χ1n) is 10.4. The molecule has 0 atom stereocenters. The molecule has 1 aliphatic rings. The SMILES string of the molecule is Cc1cc(C(=O)Nc2c(C(=O)N3CCOCC3)oc3ccccc23)c2c(C)nn(C)c2n1. The fourth-order valence-corrected chi connectivity index (χ4v) is 4.16. The Labute approximate surface area is 183 Å². The molecular formula is C23H23N5O4. The Morgan fingerprint density at radius 3 is 2.66 bits per heavy atom. The highest BCUT2D eigenvalue weighted by Gasteiger charge is 2.28. The number of fused-ring (bicyclic) bond motifs is 2. The van der Waals surface area contributed by atoms with Crippen LogP contribution in [0.5, 0.6) is 0 Å². The van der Waals surface area contributed by atoms with Crippen LogP contribution in [-0.4, -0.2) is 57.8 Å². The number of ether oxygens (including phenoxy) is 1. The van der Waals surface area contributed by atoms with E-state index in [2.05, 4.69) is 15.4 Å². The smallest absolute Gasteiger partial charge is 0.291 e. The maximum absolute atomic E-state index is 13.5. The lowest BCUT2D eigenvalue weighted by Crippen LogP contribution is -2.40. The molecule has 2 amide bonds. The van der Waals surface area contributed by atoms with Crippen molar-refractivity contribution in [2.45, 2.75) is 13.8 Å². The molecule has 9 nitrogen and oxygen atoms in total. The van der Waals surface area contributed by atoms with Gasteiger partial charge in [-0.2, -0.15) is 5.10 Å². The van der Waals surface area contributed by atoms with E-state index in [-0.39, 0.29) is 17.6 Å². The number of hydrogen-bond donors (Lipinski definition) is 1. The van der Waals surface area contributed by atoms with Gasteiger partial charge in [0.05, 0.1) is 29.9 Å². The second-order valence-electron chi connectivity index (χ2n) is 7.88. The normalized spacial score (nSPS) is 14.3. The van der Waals surface area contributed by atoms with Gasteiger partial charge in [0.15, 0.2) is 5.65 Å². The Bertz CT molecular complexity index is 1360. The number of nitrogens with zero attached hydrogens (tertiary/aromatic N) is 4. The highest BCUT2D eigenvalue weighted by molar-refractivity contribution is 6.18. The number of benzene rings is 1. The molecule has 0 bridgehead atoms. The molecule has 0 spiro atoms. The summed E-state index contributed by atoms with van der Waals surface area (Å²) in [6.07, 6.45) is 0. The Morgan fingerprint density at radius 2 is 1.88 bits per heavy atom. The average molecular weight is 433 g/mol. The van der Waals surface area contributed by atoms with Crippen LogP contribution in [0.3, 0.4) is 0 Å². The van der Waals surface area contributed by atoms with Crippen LogP contribution in [0.25, 0.3) is 22.0 Å². The number of rotatable bonds is 3. The van der Waals surface area contributed by atoms with Gasteiger partial charge in [0.1, 0.15) is 11.3 Å². The molecular weight excluding hydrogens is 410 g/mol. The Morgan fingerprint density at radius 1 is 1.12 bits per heavy atom. The Hall–Kier alpha value is -3.72. The zero-order valence-electron chi connectivity index (χ0n) is 18.1. The van der Waals surface area contributed by atoms with Gasteiger partial charge >= 0.3 is 0 Å². The number of amides is 2. The lowest BCUT2D eigenvalue weighted by molar-refractivity contribution is 0.0285. The molecule has 0 unspecified atom stereocenters. The summed E-state index contributed by atoms with van der Waals surface area (Å²) < 4.78 is 12.9.